The van der Waals surface area contributed by atoms with Crippen molar-refractivity contribution in [3.63, 3.8) is 0 Å². The van der Waals surface area contributed by atoms with E-state index in [2.05, 4.69) is 5.32 Å². The molecule has 0 saturated heterocycles. The average Bonchev–Trinajstić information content (AvgIpc) is 2.46. The molecule has 0 spiro atoms. The smallest absolute Gasteiger partial charge is 0.269 e. The maximum absolute atomic E-state index is 10.7. The number of nitro benzene ring substituents is 1. The number of anilines is 1. The molecule has 0 aromatic heterocycles. The van der Waals surface area contributed by atoms with Gasteiger partial charge in [-0.3, -0.25) is 10.1 Å². The third-order valence-electron chi connectivity index (χ3n) is 2.94. The number of benzene rings is 2. The van der Waals surface area contributed by atoms with Crippen LogP contribution in [0.25, 0.3) is 5.70 Å². The van der Waals surface area contributed by atoms with Crippen LogP contribution in [0.15, 0.2) is 48.5 Å². The predicted octanol–water partition coefficient (Wildman–Crippen LogP) is 5.39. The van der Waals surface area contributed by atoms with Gasteiger partial charge in [-0.1, -0.05) is 23.2 Å². The Kier molecular flexibility index (Phi) is 5.36. The molecule has 0 heterocycles. The molecule has 2 aromatic carbocycles. The molecule has 5 nitrogen and oxygen atoms in total. The van der Waals surface area contributed by atoms with Gasteiger partial charge in [-0.05, 0) is 43.3 Å². The third-order valence-corrected chi connectivity index (χ3v) is 3.49. The Hall–Kier alpha value is -2.37. The van der Waals surface area contributed by atoms with Crippen LogP contribution in [-0.4, -0.2) is 10.6 Å². The highest BCUT2D eigenvalue weighted by Gasteiger charge is 2.10. The normalized spacial score (nSPS) is 11.2. The Morgan fingerprint density at radius 1 is 1.22 bits per heavy atom. The number of hydrogen-bond acceptors (Lipinski definition) is 4. The highest BCUT2D eigenvalue weighted by atomic mass is 35.5. The number of halogens is 2. The molecule has 0 aliphatic carbocycles. The van der Waals surface area contributed by atoms with E-state index in [0.717, 1.165) is 0 Å². The molecule has 0 bridgehead atoms. The Morgan fingerprint density at radius 2 is 1.87 bits per heavy atom. The van der Waals surface area contributed by atoms with E-state index < -0.39 is 4.92 Å². The van der Waals surface area contributed by atoms with Gasteiger partial charge in [-0.2, -0.15) is 0 Å². The van der Waals surface area contributed by atoms with Gasteiger partial charge in [0.2, 0.25) is 0 Å². The van der Waals surface area contributed by atoms with Gasteiger partial charge in [0.1, 0.15) is 0 Å². The topological polar surface area (TPSA) is 79.0 Å². The first-order valence-corrected chi connectivity index (χ1v) is 7.36. The molecule has 2 rings (SSSR count). The van der Waals surface area contributed by atoms with Crippen LogP contribution in [0.2, 0.25) is 10.0 Å². The summed E-state index contributed by atoms with van der Waals surface area (Å²) in [6.07, 6.45) is 1.62. The van der Waals surface area contributed by atoms with Crippen LogP contribution in [0, 0.1) is 15.5 Å². The van der Waals surface area contributed by atoms with Gasteiger partial charge in [0.15, 0.2) is 0 Å². The van der Waals surface area contributed by atoms with Crippen molar-refractivity contribution in [2.75, 3.05) is 5.32 Å². The van der Waals surface area contributed by atoms with E-state index in [4.69, 9.17) is 28.6 Å². The first kappa shape index (κ1) is 17.0. The first-order chi connectivity index (χ1) is 10.9. The van der Waals surface area contributed by atoms with Crippen molar-refractivity contribution in [1.82, 2.24) is 0 Å². The molecule has 118 valence electrons. The highest BCUT2D eigenvalue weighted by Crippen LogP contribution is 2.28. The summed E-state index contributed by atoms with van der Waals surface area (Å²) in [7, 11) is 0. The average molecular weight is 350 g/mol. The van der Waals surface area contributed by atoms with Crippen molar-refractivity contribution in [3.8, 4) is 0 Å². The Labute approximate surface area is 143 Å². The molecule has 2 N–H and O–H groups in total. The summed E-state index contributed by atoms with van der Waals surface area (Å²) in [5.74, 6) is 0. The number of non-ortho nitro benzene ring substituents is 1. The van der Waals surface area contributed by atoms with Crippen molar-refractivity contribution >= 4 is 46.0 Å². The van der Waals surface area contributed by atoms with Crippen LogP contribution in [0.5, 0.6) is 0 Å². The number of nitrogens with one attached hydrogen (secondary N) is 2. The molecule has 0 radical (unpaired) electrons. The molecular weight excluding hydrogens is 337 g/mol. The molecule has 2 aromatic rings. The first-order valence-electron chi connectivity index (χ1n) is 6.60. The molecule has 0 aliphatic heterocycles. The van der Waals surface area contributed by atoms with Gasteiger partial charge in [-0.25, -0.2) is 0 Å². The predicted molar refractivity (Wildman–Crippen MR) is 94.6 cm³/mol. The number of hydrogen-bond donors (Lipinski definition) is 2. The van der Waals surface area contributed by atoms with E-state index in [-0.39, 0.29) is 5.69 Å². The fourth-order valence-electron chi connectivity index (χ4n) is 1.93. The lowest BCUT2D eigenvalue weighted by molar-refractivity contribution is -0.384. The van der Waals surface area contributed by atoms with Crippen LogP contribution in [0.1, 0.15) is 12.5 Å². The Morgan fingerprint density at radius 3 is 2.39 bits per heavy atom. The zero-order chi connectivity index (χ0) is 17.0. The summed E-state index contributed by atoms with van der Waals surface area (Å²) in [6.45, 7) is 1.64. The van der Waals surface area contributed by atoms with E-state index in [1.807, 2.05) is 0 Å². The standard InChI is InChI=1S/C16H13Cl2N3O2/c1-10(19)8-16(14-7-2-11(17)9-15(14)18)20-12-3-5-13(6-4-12)21(22)23/h2-9,19-20H,1H3/b16-8-,19-10?. The second-order valence-electron chi connectivity index (χ2n) is 4.79. The number of rotatable bonds is 5. The summed E-state index contributed by atoms with van der Waals surface area (Å²) < 4.78 is 0. The van der Waals surface area contributed by atoms with Crippen LogP contribution < -0.4 is 5.32 Å². The van der Waals surface area contributed by atoms with Gasteiger partial charge >= 0.3 is 0 Å². The van der Waals surface area contributed by atoms with Gasteiger partial charge in [0.25, 0.3) is 5.69 Å². The minimum Gasteiger partial charge on any atom is -0.355 e. The van der Waals surface area contributed by atoms with Gasteiger partial charge < -0.3 is 10.7 Å². The van der Waals surface area contributed by atoms with E-state index in [9.17, 15) is 10.1 Å². The fraction of sp³-hybridized carbons (Fsp3) is 0.0625. The summed E-state index contributed by atoms with van der Waals surface area (Å²) in [6, 6.07) is 11.1. The lowest BCUT2D eigenvalue weighted by Crippen LogP contribution is -2.02. The Bertz CT molecular complexity index is 786. The minimum absolute atomic E-state index is 0.00818. The third kappa shape index (κ3) is 4.55. The van der Waals surface area contributed by atoms with Crippen molar-refractivity contribution in [2.45, 2.75) is 6.92 Å². The van der Waals surface area contributed by atoms with Crippen LogP contribution in [-0.2, 0) is 0 Å². The molecule has 0 unspecified atom stereocenters. The van der Waals surface area contributed by atoms with E-state index >= 15 is 0 Å². The fourth-order valence-corrected chi connectivity index (χ4v) is 2.44. The van der Waals surface area contributed by atoms with E-state index in [1.165, 1.54) is 12.1 Å². The van der Waals surface area contributed by atoms with E-state index in [0.29, 0.717) is 32.7 Å². The lowest BCUT2D eigenvalue weighted by Gasteiger charge is -2.13. The molecule has 0 fully saturated rings. The second kappa shape index (κ2) is 7.26. The zero-order valence-corrected chi connectivity index (χ0v) is 13.7. The molecule has 0 saturated carbocycles. The second-order valence-corrected chi connectivity index (χ2v) is 5.64. The SMILES string of the molecule is CC(=N)/C=C(\Nc1ccc([N+](=O)[O-])cc1)c1ccc(Cl)cc1Cl. The molecule has 0 aliphatic rings. The zero-order valence-electron chi connectivity index (χ0n) is 12.1. The summed E-state index contributed by atoms with van der Waals surface area (Å²) in [5.41, 5.74) is 2.28. The summed E-state index contributed by atoms with van der Waals surface area (Å²) in [4.78, 5) is 10.2. The van der Waals surface area contributed by atoms with E-state index in [1.54, 1.807) is 43.3 Å². The van der Waals surface area contributed by atoms with Crippen LogP contribution in [0.4, 0.5) is 11.4 Å². The minimum atomic E-state index is -0.460. The van der Waals surface area contributed by atoms with Gasteiger partial charge in [-0.15, -0.1) is 0 Å². The quantitative estimate of drug-likeness (QED) is 0.431. The summed E-state index contributed by atoms with van der Waals surface area (Å²) in [5, 5.41) is 22.4. The van der Waals surface area contributed by atoms with Gasteiger partial charge in [0, 0.05) is 39.8 Å². The molecule has 23 heavy (non-hydrogen) atoms. The van der Waals surface area contributed by atoms with Crippen molar-refractivity contribution in [1.29, 1.82) is 5.41 Å². The number of nitrogens with zero attached hydrogens (tertiary/aromatic N) is 1. The maximum atomic E-state index is 10.7. The molecule has 0 atom stereocenters. The summed E-state index contributed by atoms with van der Waals surface area (Å²) >= 11 is 12.1. The highest BCUT2D eigenvalue weighted by molar-refractivity contribution is 6.35. The molecular formula is C16H13Cl2N3O2. The lowest BCUT2D eigenvalue weighted by atomic mass is 10.1. The van der Waals surface area contributed by atoms with Crippen LogP contribution in [0.3, 0.4) is 0 Å². The van der Waals surface area contributed by atoms with Crippen LogP contribution >= 0.6 is 23.2 Å². The largest absolute Gasteiger partial charge is 0.355 e. The van der Waals surface area contributed by atoms with Crippen molar-refractivity contribution in [2.24, 2.45) is 0 Å². The number of allylic oxidation sites excluding steroid dienone is 1. The molecule has 7 heteroatoms. The van der Waals surface area contributed by atoms with Crippen molar-refractivity contribution in [3.05, 3.63) is 74.3 Å². The Balaban J connectivity index is 2.36. The number of nitro groups is 1. The van der Waals surface area contributed by atoms with Gasteiger partial charge in [0.05, 0.1) is 9.95 Å². The van der Waals surface area contributed by atoms with Crippen molar-refractivity contribution < 1.29 is 4.92 Å². The maximum Gasteiger partial charge on any atom is 0.269 e. The molecule has 0 amide bonds. The monoisotopic (exact) mass is 349 g/mol.